The average Bonchev–Trinajstić information content (AvgIpc) is 2.68. The number of benzene rings is 2. The summed E-state index contributed by atoms with van der Waals surface area (Å²) in [6.07, 6.45) is 2.19. The predicted molar refractivity (Wildman–Crippen MR) is 111 cm³/mol. The van der Waals surface area contributed by atoms with Crippen molar-refractivity contribution in [2.75, 3.05) is 6.54 Å². The summed E-state index contributed by atoms with van der Waals surface area (Å²) in [5, 5.41) is 4.62. The number of amides is 1. The van der Waals surface area contributed by atoms with E-state index in [2.05, 4.69) is 10.3 Å². The summed E-state index contributed by atoms with van der Waals surface area (Å²) in [5.74, 6) is 0.296. The molecule has 0 aliphatic rings. The molecule has 0 saturated heterocycles. The number of halogens is 2. The Hall–Kier alpha value is -2.60. The fourth-order valence-electron chi connectivity index (χ4n) is 2.59. The van der Waals surface area contributed by atoms with Crippen molar-refractivity contribution in [2.45, 2.75) is 13.0 Å². The maximum Gasteiger partial charge on any atom is 0.250 e. The van der Waals surface area contributed by atoms with Crippen LogP contribution < -0.4 is 15.8 Å². The van der Waals surface area contributed by atoms with Crippen molar-refractivity contribution in [2.24, 2.45) is 5.73 Å². The van der Waals surface area contributed by atoms with Crippen molar-refractivity contribution in [3.8, 4) is 11.6 Å². The zero-order chi connectivity index (χ0) is 19.9. The summed E-state index contributed by atoms with van der Waals surface area (Å²) in [5.41, 5.74) is 7.75. The van der Waals surface area contributed by atoms with E-state index in [1.807, 2.05) is 36.4 Å². The molecule has 5 nitrogen and oxygen atoms in total. The highest BCUT2D eigenvalue weighted by Gasteiger charge is 2.07. The van der Waals surface area contributed by atoms with Crippen LogP contribution in [0.25, 0.3) is 0 Å². The van der Waals surface area contributed by atoms with Crippen molar-refractivity contribution in [1.82, 2.24) is 10.3 Å². The Kier molecular flexibility index (Phi) is 6.87. The number of carbonyl (C=O) groups is 1. The molecular formula is C21H19Cl2N3O2. The topological polar surface area (TPSA) is 77.2 Å². The Morgan fingerprint density at radius 1 is 1.07 bits per heavy atom. The summed E-state index contributed by atoms with van der Waals surface area (Å²) in [7, 11) is 0. The highest BCUT2D eigenvalue weighted by molar-refractivity contribution is 6.32. The van der Waals surface area contributed by atoms with Gasteiger partial charge in [-0.2, -0.15) is 0 Å². The third kappa shape index (κ3) is 5.70. The lowest BCUT2D eigenvalue weighted by Gasteiger charge is -2.09. The number of ether oxygens (including phenoxy) is 1. The first-order valence-corrected chi connectivity index (χ1v) is 9.44. The molecule has 0 aliphatic carbocycles. The van der Waals surface area contributed by atoms with Crippen molar-refractivity contribution in [3.63, 3.8) is 0 Å². The third-order valence-corrected chi connectivity index (χ3v) is 4.57. The molecule has 0 radical (unpaired) electrons. The Morgan fingerprint density at radius 3 is 2.61 bits per heavy atom. The van der Waals surface area contributed by atoms with Gasteiger partial charge in [0.05, 0.1) is 10.6 Å². The molecule has 1 aromatic heterocycles. The Morgan fingerprint density at radius 2 is 1.93 bits per heavy atom. The van der Waals surface area contributed by atoms with Crippen LogP contribution in [0.2, 0.25) is 10.0 Å². The van der Waals surface area contributed by atoms with Gasteiger partial charge < -0.3 is 15.8 Å². The zero-order valence-electron chi connectivity index (χ0n) is 15.0. The van der Waals surface area contributed by atoms with Gasteiger partial charge in [0, 0.05) is 23.8 Å². The van der Waals surface area contributed by atoms with E-state index in [1.54, 1.807) is 18.2 Å². The number of primary amides is 1. The van der Waals surface area contributed by atoms with Crippen LogP contribution in [0.15, 0.2) is 60.8 Å². The highest BCUT2D eigenvalue weighted by atomic mass is 35.5. The fourth-order valence-corrected chi connectivity index (χ4v) is 3.05. The Balaban J connectivity index is 1.52. The fraction of sp³-hybridized carbons (Fsp3) is 0.143. The van der Waals surface area contributed by atoms with Crippen molar-refractivity contribution < 1.29 is 9.53 Å². The van der Waals surface area contributed by atoms with Gasteiger partial charge in [-0.1, -0.05) is 41.4 Å². The maximum absolute atomic E-state index is 11.1. The normalized spacial score (nSPS) is 10.6. The molecule has 7 heteroatoms. The number of carbonyl (C=O) groups excluding carboxylic acids is 1. The average molecular weight is 416 g/mol. The van der Waals surface area contributed by atoms with Gasteiger partial charge >= 0.3 is 0 Å². The maximum atomic E-state index is 11.1. The van der Waals surface area contributed by atoms with Crippen molar-refractivity contribution in [3.05, 3.63) is 87.5 Å². The van der Waals surface area contributed by atoms with E-state index in [0.717, 1.165) is 35.7 Å². The molecule has 0 saturated carbocycles. The summed E-state index contributed by atoms with van der Waals surface area (Å²) in [6, 6.07) is 16.5. The number of rotatable bonds is 8. The van der Waals surface area contributed by atoms with Crippen LogP contribution in [0.5, 0.6) is 11.6 Å². The third-order valence-electron chi connectivity index (χ3n) is 4.04. The van der Waals surface area contributed by atoms with E-state index < -0.39 is 5.91 Å². The lowest BCUT2D eigenvalue weighted by Crippen LogP contribution is -2.16. The Bertz CT molecular complexity index is 962. The largest absolute Gasteiger partial charge is 0.437 e. The summed E-state index contributed by atoms with van der Waals surface area (Å²) in [4.78, 5) is 15.1. The van der Waals surface area contributed by atoms with Gasteiger partial charge in [-0.05, 0) is 54.4 Å². The van der Waals surface area contributed by atoms with Crippen LogP contribution in [0.4, 0.5) is 0 Å². The predicted octanol–water partition coefficient (Wildman–Crippen LogP) is 4.61. The molecule has 0 spiro atoms. The molecule has 3 rings (SSSR count). The van der Waals surface area contributed by atoms with Crippen LogP contribution in [0.1, 0.15) is 21.5 Å². The van der Waals surface area contributed by atoms with E-state index in [-0.39, 0.29) is 0 Å². The Labute approximate surface area is 173 Å². The van der Waals surface area contributed by atoms with Gasteiger partial charge in [0.15, 0.2) is 0 Å². The van der Waals surface area contributed by atoms with E-state index in [1.165, 1.54) is 6.20 Å². The molecule has 3 aromatic rings. The van der Waals surface area contributed by atoms with Gasteiger partial charge in [-0.3, -0.25) is 4.79 Å². The van der Waals surface area contributed by atoms with Gasteiger partial charge in [-0.15, -0.1) is 0 Å². The highest BCUT2D eigenvalue weighted by Crippen LogP contribution is 2.29. The molecule has 0 atom stereocenters. The minimum Gasteiger partial charge on any atom is -0.437 e. The molecule has 1 heterocycles. The van der Waals surface area contributed by atoms with E-state index >= 15 is 0 Å². The lowest BCUT2D eigenvalue weighted by atomic mass is 10.1. The van der Waals surface area contributed by atoms with E-state index in [0.29, 0.717) is 22.2 Å². The number of nitrogens with zero attached hydrogens (tertiary/aromatic N) is 1. The smallest absolute Gasteiger partial charge is 0.250 e. The minimum atomic E-state index is -0.537. The second-order valence-electron chi connectivity index (χ2n) is 6.17. The van der Waals surface area contributed by atoms with Crippen LogP contribution in [-0.4, -0.2) is 17.4 Å². The molecular weight excluding hydrogens is 397 g/mol. The second kappa shape index (κ2) is 9.55. The second-order valence-corrected chi connectivity index (χ2v) is 7.02. The summed E-state index contributed by atoms with van der Waals surface area (Å²) < 4.78 is 5.67. The molecule has 0 aliphatic heterocycles. The number of nitrogens with one attached hydrogen (secondary N) is 1. The van der Waals surface area contributed by atoms with Crippen LogP contribution in [0, 0.1) is 0 Å². The van der Waals surface area contributed by atoms with Gasteiger partial charge in [0.25, 0.3) is 0 Å². The molecule has 28 heavy (non-hydrogen) atoms. The monoisotopic (exact) mass is 415 g/mol. The molecule has 0 fully saturated rings. The molecule has 144 valence electrons. The first-order chi connectivity index (χ1) is 13.5. The van der Waals surface area contributed by atoms with Gasteiger partial charge in [0.2, 0.25) is 11.8 Å². The van der Waals surface area contributed by atoms with Crippen LogP contribution >= 0.6 is 23.2 Å². The summed E-state index contributed by atoms with van der Waals surface area (Å²) in [6.45, 7) is 1.56. The number of hydrogen-bond acceptors (Lipinski definition) is 4. The molecule has 2 aromatic carbocycles. The van der Waals surface area contributed by atoms with Gasteiger partial charge in [0.1, 0.15) is 5.75 Å². The summed E-state index contributed by atoms with van der Waals surface area (Å²) >= 11 is 12.3. The van der Waals surface area contributed by atoms with Gasteiger partial charge in [-0.25, -0.2) is 4.98 Å². The molecule has 1 amide bonds. The number of nitrogens with two attached hydrogens (primary N) is 1. The number of hydrogen-bond donors (Lipinski definition) is 2. The van der Waals surface area contributed by atoms with Crippen LogP contribution in [-0.2, 0) is 13.0 Å². The number of pyridine rings is 1. The standard InChI is InChI=1S/C21H19Cl2N3O2/c22-17-3-1-2-15(10-17)12-25-9-8-14-4-6-19(18(23)11-14)28-20-7-5-16(13-26-20)21(24)27/h1-7,10-11,13,25H,8-9,12H2,(H2,24,27). The molecule has 0 unspecified atom stereocenters. The first-order valence-electron chi connectivity index (χ1n) is 8.68. The quantitative estimate of drug-likeness (QED) is 0.526. The minimum absolute atomic E-state index is 0.319. The van der Waals surface area contributed by atoms with Crippen LogP contribution in [0.3, 0.4) is 0 Å². The van der Waals surface area contributed by atoms with E-state index in [9.17, 15) is 4.79 Å². The zero-order valence-corrected chi connectivity index (χ0v) is 16.5. The number of aromatic nitrogens is 1. The molecule has 3 N–H and O–H groups in total. The first kappa shape index (κ1) is 20.1. The lowest BCUT2D eigenvalue weighted by molar-refractivity contribution is 0.1000. The SMILES string of the molecule is NC(=O)c1ccc(Oc2ccc(CCNCc3cccc(Cl)c3)cc2Cl)nc1. The molecule has 0 bridgehead atoms. The van der Waals surface area contributed by atoms with Crippen molar-refractivity contribution in [1.29, 1.82) is 0 Å². The van der Waals surface area contributed by atoms with Crippen molar-refractivity contribution >= 4 is 29.1 Å². The van der Waals surface area contributed by atoms with E-state index in [4.69, 9.17) is 33.7 Å².